The summed E-state index contributed by atoms with van der Waals surface area (Å²) < 4.78 is 10.6. The van der Waals surface area contributed by atoms with Gasteiger partial charge in [-0.05, 0) is 56.4 Å². The minimum atomic E-state index is -0.571. The minimum Gasteiger partial charge on any atom is -0.454 e. The SMILES string of the molecule is C[C@H](C(=O)Nc1sccc1C(N)=O)N1CCC(C(=O)Nc2ccc3c(c2)OCO3)CC1. The van der Waals surface area contributed by atoms with Gasteiger partial charge in [-0.1, -0.05) is 0 Å². The fraction of sp³-hybridized carbons (Fsp3) is 0.381. The molecule has 1 aromatic carbocycles. The van der Waals surface area contributed by atoms with Gasteiger partial charge in [-0.15, -0.1) is 11.3 Å². The molecule has 2 aromatic rings. The smallest absolute Gasteiger partial charge is 0.251 e. The Balaban J connectivity index is 1.28. The van der Waals surface area contributed by atoms with Crippen LogP contribution in [0.3, 0.4) is 0 Å². The van der Waals surface area contributed by atoms with Crippen molar-refractivity contribution in [2.24, 2.45) is 11.7 Å². The number of carbonyl (C=O) groups is 3. The standard InChI is InChI=1S/C21H24N4O5S/c1-12(19(27)24-21-15(18(22)26)6-9-31-21)25-7-4-13(5-8-25)20(28)23-14-2-3-16-17(10-14)30-11-29-16/h2-3,6,9-10,12-13H,4-5,7-8,11H2,1H3,(H2,22,26)(H,23,28)(H,24,27)/t12-/m1/s1. The van der Waals surface area contributed by atoms with Crippen molar-refractivity contribution in [1.29, 1.82) is 0 Å². The van der Waals surface area contributed by atoms with E-state index < -0.39 is 5.91 Å². The van der Waals surface area contributed by atoms with E-state index in [0.29, 0.717) is 53.7 Å². The molecule has 2 aliphatic rings. The molecule has 0 bridgehead atoms. The molecule has 10 heteroatoms. The predicted molar refractivity (Wildman–Crippen MR) is 116 cm³/mol. The zero-order chi connectivity index (χ0) is 22.0. The fourth-order valence-electron chi connectivity index (χ4n) is 3.75. The summed E-state index contributed by atoms with van der Waals surface area (Å²) >= 11 is 1.26. The summed E-state index contributed by atoms with van der Waals surface area (Å²) in [6, 6.07) is 6.53. The zero-order valence-electron chi connectivity index (χ0n) is 17.1. The molecule has 4 rings (SSSR count). The number of primary amides is 1. The van der Waals surface area contributed by atoms with Crippen molar-refractivity contribution in [3.63, 3.8) is 0 Å². The quantitative estimate of drug-likeness (QED) is 0.628. The second-order valence-corrected chi connectivity index (χ2v) is 8.48. The molecule has 164 valence electrons. The highest BCUT2D eigenvalue weighted by Gasteiger charge is 2.30. The van der Waals surface area contributed by atoms with E-state index in [0.717, 1.165) is 0 Å². The van der Waals surface area contributed by atoms with Crippen LogP contribution in [0.5, 0.6) is 11.5 Å². The van der Waals surface area contributed by atoms with Gasteiger partial charge in [-0.25, -0.2) is 0 Å². The highest BCUT2D eigenvalue weighted by Crippen LogP contribution is 2.34. The van der Waals surface area contributed by atoms with E-state index in [1.165, 1.54) is 11.3 Å². The summed E-state index contributed by atoms with van der Waals surface area (Å²) in [6.45, 7) is 3.26. The van der Waals surface area contributed by atoms with E-state index in [4.69, 9.17) is 15.2 Å². The van der Waals surface area contributed by atoms with Crippen LogP contribution in [0.25, 0.3) is 0 Å². The normalized spacial score (nSPS) is 17.2. The molecular formula is C21H24N4O5S. The summed E-state index contributed by atoms with van der Waals surface area (Å²) in [5.74, 6) is 0.351. The van der Waals surface area contributed by atoms with Crippen LogP contribution in [0.1, 0.15) is 30.1 Å². The number of fused-ring (bicyclic) bond motifs is 1. The van der Waals surface area contributed by atoms with Crippen LogP contribution < -0.4 is 25.8 Å². The van der Waals surface area contributed by atoms with Gasteiger partial charge >= 0.3 is 0 Å². The average Bonchev–Trinajstić information content (AvgIpc) is 3.42. The predicted octanol–water partition coefficient (Wildman–Crippen LogP) is 2.25. The Kier molecular flexibility index (Phi) is 6.10. The number of thiophene rings is 1. The third kappa shape index (κ3) is 4.64. The molecule has 4 N–H and O–H groups in total. The van der Waals surface area contributed by atoms with Crippen molar-refractivity contribution in [3.8, 4) is 11.5 Å². The van der Waals surface area contributed by atoms with Gasteiger partial charge in [0.25, 0.3) is 5.91 Å². The highest BCUT2D eigenvalue weighted by atomic mass is 32.1. The number of amides is 3. The average molecular weight is 445 g/mol. The molecule has 0 aliphatic carbocycles. The maximum absolute atomic E-state index is 12.7. The molecule has 1 aromatic heterocycles. The number of nitrogens with one attached hydrogen (secondary N) is 2. The largest absolute Gasteiger partial charge is 0.454 e. The molecule has 1 saturated heterocycles. The zero-order valence-corrected chi connectivity index (χ0v) is 17.9. The summed E-state index contributed by atoms with van der Waals surface area (Å²) in [5.41, 5.74) is 6.32. The number of anilines is 2. The maximum Gasteiger partial charge on any atom is 0.251 e. The van der Waals surface area contributed by atoms with E-state index >= 15 is 0 Å². The fourth-order valence-corrected chi connectivity index (χ4v) is 4.55. The van der Waals surface area contributed by atoms with Gasteiger partial charge in [0, 0.05) is 17.7 Å². The molecule has 0 radical (unpaired) electrons. The molecule has 1 fully saturated rings. The number of benzene rings is 1. The number of hydrogen-bond donors (Lipinski definition) is 3. The Bertz CT molecular complexity index is 999. The van der Waals surface area contributed by atoms with E-state index in [2.05, 4.69) is 10.6 Å². The number of carbonyl (C=O) groups excluding carboxylic acids is 3. The summed E-state index contributed by atoms with van der Waals surface area (Å²) in [6.07, 6.45) is 1.30. The van der Waals surface area contributed by atoms with Gasteiger partial charge in [-0.2, -0.15) is 0 Å². The molecule has 0 unspecified atom stereocenters. The van der Waals surface area contributed by atoms with Gasteiger partial charge in [0.2, 0.25) is 18.6 Å². The number of piperidine rings is 1. The van der Waals surface area contributed by atoms with E-state index in [9.17, 15) is 14.4 Å². The molecule has 9 nitrogen and oxygen atoms in total. The van der Waals surface area contributed by atoms with E-state index in [1.807, 2.05) is 11.8 Å². The van der Waals surface area contributed by atoms with Gasteiger partial charge < -0.3 is 25.8 Å². The Morgan fingerprint density at radius 2 is 1.87 bits per heavy atom. The molecule has 1 atom stereocenters. The van der Waals surface area contributed by atoms with Crippen molar-refractivity contribution in [3.05, 3.63) is 35.2 Å². The van der Waals surface area contributed by atoms with Gasteiger partial charge in [0.15, 0.2) is 11.5 Å². The Labute approximate surface area is 183 Å². The third-order valence-corrected chi connectivity index (χ3v) is 6.46. The first-order valence-electron chi connectivity index (χ1n) is 10.0. The van der Waals surface area contributed by atoms with Crippen LogP contribution in [-0.4, -0.2) is 48.5 Å². The van der Waals surface area contributed by atoms with Crippen molar-refractivity contribution in [2.45, 2.75) is 25.8 Å². The minimum absolute atomic E-state index is 0.0414. The monoisotopic (exact) mass is 444 g/mol. The van der Waals surface area contributed by atoms with Gasteiger partial charge in [-0.3, -0.25) is 19.3 Å². The molecule has 3 amide bonds. The summed E-state index contributed by atoms with van der Waals surface area (Å²) in [5, 5.41) is 7.91. The second-order valence-electron chi connectivity index (χ2n) is 7.56. The Morgan fingerprint density at radius 3 is 2.61 bits per heavy atom. The van der Waals surface area contributed by atoms with Gasteiger partial charge in [0.1, 0.15) is 5.00 Å². The van der Waals surface area contributed by atoms with E-state index in [1.54, 1.807) is 29.6 Å². The number of ether oxygens (including phenoxy) is 2. The maximum atomic E-state index is 12.7. The first kappa shape index (κ1) is 21.1. The number of hydrogen-bond acceptors (Lipinski definition) is 7. The molecule has 0 spiro atoms. The Hall–Kier alpha value is -3.11. The van der Waals surface area contributed by atoms with Crippen molar-refractivity contribution >= 4 is 39.7 Å². The number of likely N-dealkylation sites (tertiary alicyclic amines) is 1. The van der Waals surface area contributed by atoms with E-state index in [-0.39, 0.29) is 30.6 Å². The topological polar surface area (TPSA) is 123 Å². The Morgan fingerprint density at radius 1 is 1.13 bits per heavy atom. The number of nitrogens with two attached hydrogens (primary N) is 1. The number of nitrogens with zero attached hydrogens (tertiary/aromatic N) is 1. The highest BCUT2D eigenvalue weighted by molar-refractivity contribution is 7.14. The van der Waals surface area contributed by atoms with Crippen LogP contribution >= 0.6 is 11.3 Å². The molecular weight excluding hydrogens is 420 g/mol. The van der Waals surface area contributed by atoms with Crippen LogP contribution in [0.4, 0.5) is 10.7 Å². The lowest BCUT2D eigenvalue weighted by molar-refractivity contribution is -0.123. The lowest BCUT2D eigenvalue weighted by Crippen LogP contribution is -2.47. The lowest BCUT2D eigenvalue weighted by Gasteiger charge is -2.34. The molecule has 2 aliphatic heterocycles. The lowest BCUT2D eigenvalue weighted by atomic mass is 9.94. The summed E-state index contributed by atoms with van der Waals surface area (Å²) in [4.78, 5) is 38.8. The van der Waals surface area contributed by atoms with Crippen LogP contribution in [-0.2, 0) is 9.59 Å². The number of rotatable bonds is 6. The van der Waals surface area contributed by atoms with Crippen LogP contribution in [0.2, 0.25) is 0 Å². The summed E-state index contributed by atoms with van der Waals surface area (Å²) in [7, 11) is 0. The molecule has 31 heavy (non-hydrogen) atoms. The third-order valence-electron chi connectivity index (χ3n) is 5.64. The van der Waals surface area contributed by atoms with Crippen molar-refractivity contribution < 1.29 is 23.9 Å². The van der Waals surface area contributed by atoms with Crippen LogP contribution in [0.15, 0.2) is 29.6 Å². The van der Waals surface area contributed by atoms with Crippen molar-refractivity contribution in [2.75, 3.05) is 30.5 Å². The van der Waals surface area contributed by atoms with Crippen LogP contribution in [0, 0.1) is 5.92 Å². The first-order valence-corrected chi connectivity index (χ1v) is 10.9. The molecule has 0 saturated carbocycles. The first-order chi connectivity index (χ1) is 14.9. The second kappa shape index (κ2) is 8.94. The molecule has 3 heterocycles. The van der Waals surface area contributed by atoms with Gasteiger partial charge in [0.05, 0.1) is 11.6 Å². The van der Waals surface area contributed by atoms with Crippen molar-refractivity contribution in [1.82, 2.24) is 4.90 Å².